The number of hydrogen-bond acceptors (Lipinski definition) is 2. The molecule has 1 fully saturated rings. The van der Waals surface area contributed by atoms with E-state index in [1.807, 2.05) is 10.6 Å². The molecule has 0 atom stereocenters. The average Bonchev–Trinajstić information content (AvgIpc) is 2.99. The standard InChI is InChI=1S/C14H15ClN2O/c1-9(18)11-8-12(15)13-6-7-16-17(13)14(11)10-4-2-3-5-10/h6-8,10H,2-5H2,1H3. The first-order valence-corrected chi connectivity index (χ1v) is 6.73. The third kappa shape index (κ3) is 1.74. The minimum absolute atomic E-state index is 0.0659. The normalized spacial score (nSPS) is 16.6. The fourth-order valence-corrected chi connectivity index (χ4v) is 3.19. The summed E-state index contributed by atoms with van der Waals surface area (Å²) in [6.45, 7) is 1.60. The van der Waals surface area contributed by atoms with Crippen molar-refractivity contribution in [2.75, 3.05) is 0 Å². The van der Waals surface area contributed by atoms with Gasteiger partial charge in [-0.05, 0) is 31.9 Å². The van der Waals surface area contributed by atoms with E-state index >= 15 is 0 Å². The lowest BCUT2D eigenvalue weighted by atomic mass is 9.96. The number of hydrogen-bond donors (Lipinski definition) is 0. The van der Waals surface area contributed by atoms with Crippen LogP contribution in [0.4, 0.5) is 0 Å². The lowest BCUT2D eigenvalue weighted by Gasteiger charge is -2.16. The molecule has 1 aliphatic rings. The monoisotopic (exact) mass is 262 g/mol. The molecule has 0 radical (unpaired) electrons. The van der Waals surface area contributed by atoms with Crippen LogP contribution in [-0.2, 0) is 0 Å². The number of ketones is 1. The molecule has 0 saturated heterocycles. The van der Waals surface area contributed by atoms with Crippen LogP contribution in [0.5, 0.6) is 0 Å². The molecule has 2 aromatic heterocycles. The van der Waals surface area contributed by atoms with Gasteiger partial charge < -0.3 is 0 Å². The Balaban J connectivity index is 2.30. The van der Waals surface area contributed by atoms with E-state index in [-0.39, 0.29) is 5.78 Å². The summed E-state index contributed by atoms with van der Waals surface area (Å²) in [6.07, 6.45) is 6.47. The van der Waals surface area contributed by atoms with E-state index in [1.165, 1.54) is 12.8 Å². The van der Waals surface area contributed by atoms with Crippen LogP contribution in [0, 0.1) is 0 Å². The molecule has 4 heteroatoms. The van der Waals surface area contributed by atoms with Gasteiger partial charge in [-0.15, -0.1) is 0 Å². The van der Waals surface area contributed by atoms with Crippen molar-refractivity contribution in [2.24, 2.45) is 0 Å². The number of rotatable bonds is 2. The van der Waals surface area contributed by atoms with Crippen LogP contribution < -0.4 is 0 Å². The van der Waals surface area contributed by atoms with Gasteiger partial charge in [0.2, 0.25) is 0 Å². The molecule has 0 spiro atoms. The second-order valence-electron chi connectivity index (χ2n) is 4.96. The number of carbonyl (C=O) groups excluding carboxylic acids is 1. The summed E-state index contributed by atoms with van der Waals surface area (Å²) in [4.78, 5) is 11.8. The van der Waals surface area contributed by atoms with Gasteiger partial charge in [0.1, 0.15) is 0 Å². The molecule has 0 amide bonds. The van der Waals surface area contributed by atoms with Gasteiger partial charge in [0.25, 0.3) is 0 Å². The van der Waals surface area contributed by atoms with Gasteiger partial charge in [0, 0.05) is 11.5 Å². The topological polar surface area (TPSA) is 34.4 Å². The molecule has 3 nitrogen and oxygen atoms in total. The van der Waals surface area contributed by atoms with Gasteiger partial charge >= 0.3 is 0 Å². The number of Topliss-reactive ketones (excluding diaryl/α,β-unsaturated/α-hetero) is 1. The Morgan fingerprint density at radius 3 is 2.83 bits per heavy atom. The Labute approximate surface area is 111 Å². The maximum Gasteiger partial charge on any atom is 0.161 e. The fraction of sp³-hybridized carbons (Fsp3) is 0.429. The van der Waals surface area contributed by atoms with Gasteiger partial charge in [-0.25, -0.2) is 4.52 Å². The Bertz CT molecular complexity index is 612. The maximum atomic E-state index is 11.8. The summed E-state index contributed by atoms with van der Waals surface area (Å²) in [6, 6.07) is 3.69. The highest BCUT2D eigenvalue weighted by Gasteiger charge is 2.25. The van der Waals surface area contributed by atoms with Crippen molar-refractivity contribution in [3.05, 3.63) is 34.6 Å². The number of pyridine rings is 1. The Kier molecular flexibility index (Phi) is 2.86. The molecule has 2 heterocycles. The molecule has 0 unspecified atom stereocenters. The summed E-state index contributed by atoms with van der Waals surface area (Å²) >= 11 is 6.21. The number of carbonyl (C=O) groups is 1. The molecular formula is C14H15ClN2O. The smallest absolute Gasteiger partial charge is 0.161 e. The molecule has 2 aromatic rings. The van der Waals surface area contributed by atoms with Gasteiger partial charge in [-0.2, -0.15) is 5.10 Å². The summed E-state index contributed by atoms with van der Waals surface area (Å²) in [5, 5.41) is 4.94. The largest absolute Gasteiger partial charge is 0.294 e. The third-order valence-corrected chi connectivity index (χ3v) is 4.09. The molecule has 18 heavy (non-hydrogen) atoms. The third-order valence-electron chi connectivity index (χ3n) is 3.78. The Morgan fingerprint density at radius 1 is 1.44 bits per heavy atom. The molecular weight excluding hydrogens is 248 g/mol. The van der Waals surface area contributed by atoms with Crippen LogP contribution in [0.3, 0.4) is 0 Å². The SMILES string of the molecule is CC(=O)c1cc(Cl)c2ccnn2c1C1CCCC1. The van der Waals surface area contributed by atoms with Crippen LogP contribution in [0.2, 0.25) is 5.02 Å². The van der Waals surface area contributed by atoms with E-state index in [0.717, 1.165) is 29.6 Å². The molecule has 1 saturated carbocycles. The molecule has 0 aromatic carbocycles. The van der Waals surface area contributed by atoms with E-state index in [2.05, 4.69) is 5.10 Å². The van der Waals surface area contributed by atoms with Gasteiger partial charge in [0.05, 0.1) is 22.4 Å². The Morgan fingerprint density at radius 2 is 2.17 bits per heavy atom. The number of aromatic nitrogens is 2. The lowest BCUT2D eigenvalue weighted by Crippen LogP contribution is -2.11. The highest BCUT2D eigenvalue weighted by atomic mass is 35.5. The summed E-state index contributed by atoms with van der Waals surface area (Å²) in [7, 11) is 0. The second kappa shape index (κ2) is 4.39. The second-order valence-corrected chi connectivity index (χ2v) is 5.36. The number of halogens is 1. The van der Waals surface area contributed by atoms with Crippen LogP contribution >= 0.6 is 11.6 Å². The molecule has 1 aliphatic carbocycles. The van der Waals surface area contributed by atoms with E-state index < -0.39 is 0 Å². The highest BCUT2D eigenvalue weighted by Crippen LogP contribution is 2.37. The van der Waals surface area contributed by atoms with E-state index in [9.17, 15) is 4.79 Å². The average molecular weight is 263 g/mol. The quantitative estimate of drug-likeness (QED) is 0.771. The summed E-state index contributed by atoms with van der Waals surface area (Å²) in [5.41, 5.74) is 2.66. The van der Waals surface area contributed by atoms with E-state index in [4.69, 9.17) is 11.6 Å². The zero-order chi connectivity index (χ0) is 12.7. The van der Waals surface area contributed by atoms with Gasteiger partial charge in [-0.1, -0.05) is 24.4 Å². The van der Waals surface area contributed by atoms with Crippen LogP contribution in [-0.4, -0.2) is 15.4 Å². The number of nitrogens with zero attached hydrogens (tertiary/aromatic N) is 2. The minimum Gasteiger partial charge on any atom is -0.294 e. The van der Waals surface area contributed by atoms with Crippen molar-refractivity contribution in [1.82, 2.24) is 9.61 Å². The van der Waals surface area contributed by atoms with Crippen molar-refractivity contribution in [1.29, 1.82) is 0 Å². The van der Waals surface area contributed by atoms with Gasteiger partial charge in [-0.3, -0.25) is 4.79 Å². The fourth-order valence-electron chi connectivity index (χ4n) is 2.94. The van der Waals surface area contributed by atoms with Crippen molar-refractivity contribution < 1.29 is 4.79 Å². The van der Waals surface area contributed by atoms with E-state index in [0.29, 0.717) is 10.9 Å². The zero-order valence-electron chi connectivity index (χ0n) is 10.3. The zero-order valence-corrected chi connectivity index (χ0v) is 11.1. The van der Waals surface area contributed by atoms with Crippen molar-refractivity contribution >= 4 is 22.9 Å². The maximum absolute atomic E-state index is 11.8. The molecule has 0 N–H and O–H groups in total. The highest BCUT2D eigenvalue weighted by molar-refractivity contribution is 6.34. The van der Waals surface area contributed by atoms with E-state index in [1.54, 1.807) is 19.2 Å². The summed E-state index contributed by atoms with van der Waals surface area (Å²) in [5.74, 6) is 0.500. The van der Waals surface area contributed by atoms with Gasteiger partial charge in [0.15, 0.2) is 5.78 Å². The van der Waals surface area contributed by atoms with Crippen molar-refractivity contribution in [3.8, 4) is 0 Å². The minimum atomic E-state index is 0.0659. The first-order chi connectivity index (χ1) is 8.68. The first kappa shape index (κ1) is 11.7. The molecule has 0 bridgehead atoms. The lowest BCUT2D eigenvalue weighted by molar-refractivity contribution is 0.101. The van der Waals surface area contributed by atoms with Crippen molar-refractivity contribution in [2.45, 2.75) is 38.5 Å². The van der Waals surface area contributed by atoms with Crippen LogP contribution in [0.15, 0.2) is 18.3 Å². The number of fused-ring (bicyclic) bond motifs is 1. The molecule has 94 valence electrons. The molecule has 3 rings (SSSR count). The first-order valence-electron chi connectivity index (χ1n) is 6.35. The predicted molar refractivity (Wildman–Crippen MR) is 71.4 cm³/mol. The van der Waals surface area contributed by atoms with Crippen molar-refractivity contribution in [3.63, 3.8) is 0 Å². The predicted octanol–water partition coefficient (Wildman–Crippen LogP) is 3.85. The Hall–Kier alpha value is -1.35. The molecule has 0 aliphatic heterocycles. The van der Waals surface area contributed by atoms with Crippen LogP contribution in [0.25, 0.3) is 5.52 Å². The van der Waals surface area contributed by atoms with Crippen LogP contribution in [0.1, 0.15) is 54.6 Å². The summed E-state index contributed by atoms with van der Waals surface area (Å²) < 4.78 is 1.86.